The molecular formula is C18H23FN4O. The standard InChI is InChI=1S/C18H23FN4O/c1-13-15(11-21-22(13)2)10-20-17-9-18(24)23(12-17)8-7-14-3-5-16(19)6-4-14/h3-6,11,17,20H,7-10,12H2,1-2H3/t17-/m1/s1. The average molecular weight is 330 g/mol. The number of nitrogens with zero attached hydrogens (tertiary/aromatic N) is 3. The van der Waals surface area contributed by atoms with E-state index >= 15 is 0 Å². The van der Waals surface area contributed by atoms with E-state index in [4.69, 9.17) is 0 Å². The van der Waals surface area contributed by atoms with Gasteiger partial charge in [-0.05, 0) is 31.0 Å². The Bertz CT molecular complexity index is 710. The third kappa shape index (κ3) is 3.82. The van der Waals surface area contributed by atoms with Crippen LogP contribution in [-0.2, 0) is 24.8 Å². The Morgan fingerprint density at radius 2 is 2.08 bits per heavy atom. The number of likely N-dealkylation sites (tertiary alicyclic amines) is 1. The zero-order valence-electron chi connectivity index (χ0n) is 14.1. The summed E-state index contributed by atoms with van der Waals surface area (Å²) < 4.78 is 14.8. The number of aromatic nitrogens is 2. The Hall–Kier alpha value is -2.21. The van der Waals surface area contributed by atoms with Crippen LogP contribution < -0.4 is 5.32 Å². The van der Waals surface area contributed by atoms with Crippen molar-refractivity contribution in [1.82, 2.24) is 20.0 Å². The molecule has 0 spiro atoms. The Morgan fingerprint density at radius 3 is 2.75 bits per heavy atom. The van der Waals surface area contributed by atoms with Crippen molar-refractivity contribution >= 4 is 5.91 Å². The zero-order chi connectivity index (χ0) is 17.1. The normalized spacial score (nSPS) is 17.7. The van der Waals surface area contributed by atoms with Crippen molar-refractivity contribution in [2.45, 2.75) is 32.4 Å². The highest BCUT2D eigenvalue weighted by Crippen LogP contribution is 2.14. The first-order valence-electron chi connectivity index (χ1n) is 8.26. The molecule has 0 saturated carbocycles. The molecule has 1 aliphatic heterocycles. The molecule has 6 heteroatoms. The van der Waals surface area contributed by atoms with E-state index in [-0.39, 0.29) is 17.8 Å². The van der Waals surface area contributed by atoms with Gasteiger partial charge in [0, 0.05) is 50.4 Å². The smallest absolute Gasteiger partial charge is 0.224 e. The second kappa shape index (κ2) is 7.13. The summed E-state index contributed by atoms with van der Waals surface area (Å²) >= 11 is 0. The molecule has 0 aliphatic carbocycles. The number of halogens is 1. The lowest BCUT2D eigenvalue weighted by Gasteiger charge is -2.17. The number of carbonyl (C=O) groups is 1. The topological polar surface area (TPSA) is 50.2 Å². The highest BCUT2D eigenvalue weighted by Gasteiger charge is 2.28. The van der Waals surface area contributed by atoms with Crippen molar-refractivity contribution in [1.29, 1.82) is 0 Å². The minimum Gasteiger partial charge on any atom is -0.341 e. The van der Waals surface area contributed by atoms with Crippen LogP contribution in [0.5, 0.6) is 0 Å². The molecule has 1 fully saturated rings. The SMILES string of the molecule is Cc1c(CN[C@@H]2CC(=O)N(CCc3ccc(F)cc3)C2)cnn1C. The van der Waals surface area contributed by atoms with Crippen LogP contribution in [0.1, 0.15) is 23.2 Å². The van der Waals surface area contributed by atoms with Crippen LogP contribution in [0, 0.1) is 12.7 Å². The molecule has 1 saturated heterocycles. The first kappa shape index (κ1) is 16.6. The van der Waals surface area contributed by atoms with Crippen LogP contribution in [0.15, 0.2) is 30.5 Å². The summed E-state index contributed by atoms with van der Waals surface area (Å²) in [6.07, 6.45) is 3.15. The molecular weight excluding hydrogens is 307 g/mol. The molecule has 1 amide bonds. The number of nitrogens with one attached hydrogen (secondary N) is 1. The van der Waals surface area contributed by atoms with Crippen molar-refractivity contribution in [2.75, 3.05) is 13.1 Å². The summed E-state index contributed by atoms with van der Waals surface area (Å²) in [5, 5.41) is 7.69. The third-order valence-electron chi connectivity index (χ3n) is 4.72. The Kier molecular flexibility index (Phi) is 4.94. The van der Waals surface area contributed by atoms with Gasteiger partial charge in [0.15, 0.2) is 0 Å². The summed E-state index contributed by atoms with van der Waals surface area (Å²) in [5.41, 5.74) is 3.35. The number of hydrogen-bond donors (Lipinski definition) is 1. The fourth-order valence-electron chi connectivity index (χ4n) is 3.01. The first-order valence-corrected chi connectivity index (χ1v) is 8.26. The molecule has 0 unspecified atom stereocenters. The lowest BCUT2D eigenvalue weighted by atomic mass is 10.1. The van der Waals surface area contributed by atoms with E-state index in [9.17, 15) is 9.18 Å². The predicted molar refractivity (Wildman–Crippen MR) is 89.9 cm³/mol. The molecule has 2 aromatic rings. The molecule has 1 N–H and O–H groups in total. The van der Waals surface area contributed by atoms with E-state index in [1.807, 2.05) is 29.7 Å². The number of amides is 1. The maximum atomic E-state index is 12.9. The van der Waals surface area contributed by atoms with Crippen molar-refractivity contribution in [2.24, 2.45) is 7.05 Å². The molecule has 1 aromatic heterocycles. The van der Waals surface area contributed by atoms with Gasteiger partial charge in [0.25, 0.3) is 0 Å². The van der Waals surface area contributed by atoms with Crippen LogP contribution in [0.25, 0.3) is 0 Å². The van der Waals surface area contributed by atoms with E-state index in [0.29, 0.717) is 13.0 Å². The number of hydrogen-bond acceptors (Lipinski definition) is 3. The fourth-order valence-corrected chi connectivity index (χ4v) is 3.01. The number of carbonyl (C=O) groups excluding carboxylic acids is 1. The molecule has 3 rings (SSSR count). The van der Waals surface area contributed by atoms with Gasteiger partial charge in [0.05, 0.1) is 6.20 Å². The van der Waals surface area contributed by atoms with Crippen molar-refractivity contribution in [3.63, 3.8) is 0 Å². The molecule has 0 radical (unpaired) electrons. The van der Waals surface area contributed by atoms with Gasteiger partial charge >= 0.3 is 0 Å². The molecule has 2 heterocycles. The van der Waals surface area contributed by atoms with Gasteiger partial charge in [-0.25, -0.2) is 4.39 Å². The number of aryl methyl sites for hydroxylation is 1. The van der Waals surface area contributed by atoms with E-state index in [0.717, 1.165) is 36.3 Å². The van der Waals surface area contributed by atoms with Crippen LogP contribution in [0.4, 0.5) is 4.39 Å². The predicted octanol–water partition coefficient (Wildman–Crippen LogP) is 1.80. The van der Waals surface area contributed by atoms with Crippen molar-refractivity contribution < 1.29 is 9.18 Å². The van der Waals surface area contributed by atoms with E-state index in [1.165, 1.54) is 12.1 Å². The lowest BCUT2D eigenvalue weighted by Crippen LogP contribution is -2.33. The van der Waals surface area contributed by atoms with Gasteiger partial charge in [0.2, 0.25) is 5.91 Å². The third-order valence-corrected chi connectivity index (χ3v) is 4.72. The Balaban J connectivity index is 1.48. The number of rotatable bonds is 6. The first-order chi connectivity index (χ1) is 11.5. The quantitative estimate of drug-likeness (QED) is 0.879. The monoisotopic (exact) mass is 330 g/mol. The molecule has 0 bridgehead atoms. The van der Waals surface area contributed by atoms with E-state index in [2.05, 4.69) is 10.4 Å². The largest absolute Gasteiger partial charge is 0.341 e. The van der Waals surface area contributed by atoms with Crippen LogP contribution >= 0.6 is 0 Å². The van der Waals surface area contributed by atoms with Gasteiger partial charge in [-0.2, -0.15) is 5.10 Å². The maximum absolute atomic E-state index is 12.9. The van der Waals surface area contributed by atoms with Gasteiger partial charge in [-0.15, -0.1) is 0 Å². The molecule has 1 atom stereocenters. The lowest BCUT2D eigenvalue weighted by molar-refractivity contribution is -0.127. The van der Waals surface area contributed by atoms with Gasteiger partial charge in [-0.3, -0.25) is 9.48 Å². The zero-order valence-corrected chi connectivity index (χ0v) is 14.1. The van der Waals surface area contributed by atoms with E-state index < -0.39 is 0 Å². The molecule has 24 heavy (non-hydrogen) atoms. The van der Waals surface area contributed by atoms with Crippen LogP contribution in [0.2, 0.25) is 0 Å². The highest BCUT2D eigenvalue weighted by molar-refractivity contribution is 5.79. The maximum Gasteiger partial charge on any atom is 0.224 e. The molecule has 128 valence electrons. The average Bonchev–Trinajstić information content (AvgIpc) is 3.08. The number of benzene rings is 1. The van der Waals surface area contributed by atoms with Crippen molar-refractivity contribution in [3.8, 4) is 0 Å². The van der Waals surface area contributed by atoms with Crippen LogP contribution in [0.3, 0.4) is 0 Å². The minimum absolute atomic E-state index is 0.172. The van der Waals surface area contributed by atoms with E-state index in [1.54, 1.807) is 12.1 Å². The summed E-state index contributed by atoms with van der Waals surface area (Å²) in [4.78, 5) is 14.0. The summed E-state index contributed by atoms with van der Waals surface area (Å²) in [6, 6.07) is 6.64. The van der Waals surface area contributed by atoms with Gasteiger partial charge in [0.1, 0.15) is 5.82 Å². The summed E-state index contributed by atoms with van der Waals surface area (Å²) in [5.74, 6) is -0.0523. The summed E-state index contributed by atoms with van der Waals surface area (Å²) in [7, 11) is 1.93. The second-order valence-electron chi connectivity index (χ2n) is 6.38. The molecule has 1 aromatic carbocycles. The van der Waals surface area contributed by atoms with Crippen LogP contribution in [-0.4, -0.2) is 39.7 Å². The Labute approximate surface area is 141 Å². The van der Waals surface area contributed by atoms with Gasteiger partial charge in [-0.1, -0.05) is 12.1 Å². The highest BCUT2D eigenvalue weighted by atomic mass is 19.1. The Morgan fingerprint density at radius 1 is 1.33 bits per heavy atom. The molecule has 5 nitrogen and oxygen atoms in total. The van der Waals surface area contributed by atoms with Gasteiger partial charge < -0.3 is 10.2 Å². The molecule has 1 aliphatic rings. The fraction of sp³-hybridized carbons (Fsp3) is 0.444. The second-order valence-corrected chi connectivity index (χ2v) is 6.38. The van der Waals surface area contributed by atoms with Crippen molar-refractivity contribution in [3.05, 3.63) is 53.1 Å². The summed E-state index contributed by atoms with van der Waals surface area (Å²) in [6.45, 7) is 4.16. The minimum atomic E-state index is -0.231.